The molecule has 1 amide bonds. The van der Waals surface area contributed by atoms with E-state index in [9.17, 15) is 4.79 Å². The molecule has 1 aromatic heterocycles. The number of aliphatic hydroxyl groups excluding tert-OH is 1. The highest BCUT2D eigenvalue weighted by molar-refractivity contribution is 5.80. The fraction of sp³-hybridized carbons (Fsp3) is 0.250. The van der Waals surface area contributed by atoms with Crippen molar-refractivity contribution in [2.24, 2.45) is 0 Å². The minimum Gasteiger partial charge on any atom is -0.387 e. The van der Waals surface area contributed by atoms with Gasteiger partial charge in [-0.05, 0) is 17.5 Å². The smallest absolute Gasteiger partial charge is 0.245 e. The lowest BCUT2D eigenvalue weighted by Gasteiger charge is -2.00. The summed E-state index contributed by atoms with van der Waals surface area (Å²) in [5, 5.41) is 12.3. The molecule has 1 heterocycles. The van der Waals surface area contributed by atoms with Crippen LogP contribution in [0.1, 0.15) is 5.69 Å². The Kier molecular flexibility index (Phi) is 3.22. The maximum atomic E-state index is 10.8. The van der Waals surface area contributed by atoms with Crippen LogP contribution in [0.25, 0.3) is 10.9 Å². The van der Waals surface area contributed by atoms with Gasteiger partial charge in [-0.2, -0.15) is 0 Å². The van der Waals surface area contributed by atoms with Gasteiger partial charge < -0.3 is 15.4 Å². The Labute approximate surface area is 93.3 Å². The molecule has 0 fully saturated rings. The molecule has 4 heteroatoms. The van der Waals surface area contributed by atoms with Gasteiger partial charge in [-0.1, -0.05) is 18.2 Å². The molecule has 16 heavy (non-hydrogen) atoms. The SMILES string of the molecule is O=C(CO)NCCc1cc2ccccc2[nH]1. The van der Waals surface area contributed by atoms with Crippen LogP contribution >= 0.6 is 0 Å². The number of nitrogens with one attached hydrogen (secondary N) is 2. The Morgan fingerprint density at radius 3 is 2.94 bits per heavy atom. The number of hydrogen-bond donors (Lipinski definition) is 3. The number of aliphatic hydroxyl groups is 1. The average molecular weight is 218 g/mol. The normalized spacial score (nSPS) is 10.6. The van der Waals surface area contributed by atoms with E-state index in [4.69, 9.17) is 5.11 Å². The van der Waals surface area contributed by atoms with Gasteiger partial charge in [0.25, 0.3) is 0 Å². The fourth-order valence-corrected chi connectivity index (χ4v) is 1.66. The highest BCUT2D eigenvalue weighted by Gasteiger charge is 2.01. The van der Waals surface area contributed by atoms with Crippen molar-refractivity contribution in [3.63, 3.8) is 0 Å². The standard InChI is InChI=1S/C12H14N2O2/c15-8-12(16)13-6-5-10-7-9-3-1-2-4-11(9)14-10/h1-4,7,14-15H,5-6,8H2,(H,13,16). The average Bonchev–Trinajstić information content (AvgIpc) is 2.71. The molecule has 0 bridgehead atoms. The number of aromatic amines is 1. The first kappa shape index (κ1) is 10.7. The number of carbonyl (C=O) groups is 1. The Morgan fingerprint density at radius 2 is 2.19 bits per heavy atom. The Bertz CT molecular complexity index is 457. The van der Waals surface area contributed by atoms with Crippen LogP contribution in [0.3, 0.4) is 0 Å². The summed E-state index contributed by atoms with van der Waals surface area (Å²) in [5.74, 6) is -0.337. The lowest BCUT2D eigenvalue weighted by Crippen LogP contribution is -2.28. The molecule has 0 aliphatic rings. The predicted octanol–water partition coefficient (Wildman–Crippen LogP) is 0.819. The molecule has 1 aromatic carbocycles. The summed E-state index contributed by atoms with van der Waals surface area (Å²) in [5.41, 5.74) is 2.19. The van der Waals surface area contributed by atoms with Gasteiger partial charge >= 0.3 is 0 Å². The first-order chi connectivity index (χ1) is 7.79. The third-order valence-corrected chi connectivity index (χ3v) is 2.45. The fourth-order valence-electron chi connectivity index (χ4n) is 1.66. The summed E-state index contributed by atoms with van der Waals surface area (Å²) in [4.78, 5) is 14.1. The monoisotopic (exact) mass is 218 g/mol. The third-order valence-electron chi connectivity index (χ3n) is 2.45. The molecule has 0 aliphatic carbocycles. The number of hydrogen-bond acceptors (Lipinski definition) is 2. The Balaban J connectivity index is 1.97. The number of fused-ring (bicyclic) bond motifs is 1. The van der Waals surface area contributed by atoms with Crippen LogP contribution in [0, 0.1) is 0 Å². The molecule has 4 nitrogen and oxygen atoms in total. The van der Waals surface area contributed by atoms with Crippen LogP contribution in [0.2, 0.25) is 0 Å². The second kappa shape index (κ2) is 4.81. The quantitative estimate of drug-likeness (QED) is 0.711. The lowest BCUT2D eigenvalue weighted by atomic mass is 10.2. The van der Waals surface area contributed by atoms with Crippen LogP contribution in [0.4, 0.5) is 0 Å². The van der Waals surface area contributed by atoms with E-state index in [1.165, 1.54) is 5.39 Å². The summed E-state index contributed by atoms with van der Waals surface area (Å²) in [6, 6.07) is 10.1. The molecule has 0 radical (unpaired) electrons. The van der Waals surface area contributed by atoms with Crippen molar-refractivity contribution in [3.05, 3.63) is 36.0 Å². The molecule has 84 valence electrons. The summed E-state index contributed by atoms with van der Waals surface area (Å²) in [6.07, 6.45) is 0.737. The molecule has 0 saturated heterocycles. The summed E-state index contributed by atoms with van der Waals surface area (Å²) in [7, 11) is 0. The van der Waals surface area contributed by atoms with Crippen LogP contribution < -0.4 is 5.32 Å². The second-order valence-corrected chi connectivity index (χ2v) is 3.64. The number of para-hydroxylation sites is 1. The largest absolute Gasteiger partial charge is 0.387 e. The predicted molar refractivity (Wildman–Crippen MR) is 62.1 cm³/mol. The van der Waals surface area contributed by atoms with Crippen molar-refractivity contribution < 1.29 is 9.90 Å². The number of carbonyl (C=O) groups excluding carboxylic acids is 1. The summed E-state index contributed by atoms with van der Waals surface area (Å²) >= 11 is 0. The Morgan fingerprint density at radius 1 is 1.38 bits per heavy atom. The highest BCUT2D eigenvalue weighted by atomic mass is 16.3. The molecule has 0 unspecified atom stereocenters. The van der Waals surface area contributed by atoms with E-state index in [1.807, 2.05) is 24.3 Å². The maximum Gasteiger partial charge on any atom is 0.245 e. The van der Waals surface area contributed by atoms with Gasteiger partial charge in [0.1, 0.15) is 6.61 Å². The van der Waals surface area contributed by atoms with E-state index < -0.39 is 6.61 Å². The third kappa shape index (κ3) is 2.41. The number of rotatable bonds is 4. The molecule has 0 spiro atoms. The maximum absolute atomic E-state index is 10.8. The van der Waals surface area contributed by atoms with E-state index in [0.29, 0.717) is 6.54 Å². The van der Waals surface area contributed by atoms with Crippen LogP contribution in [-0.4, -0.2) is 29.1 Å². The zero-order valence-corrected chi connectivity index (χ0v) is 8.86. The second-order valence-electron chi connectivity index (χ2n) is 3.64. The van der Waals surface area contributed by atoms with Crippen LogP contribution in [-0.2, 0) is 11.2 Å². The van der Waals surface area contributed by atoms with Crippen molar-refractivity contribution in [2.75, 3.05) is 13.2 Å². The summed E-state index contributed by atoms with van der Waals surface area (Å²) < 4.78 is 0. The zero-order valence-electron chi connectivity index (χ0n) is 8.86. The minimum absolute atomic E-state index is 0.337. The topological polar surface area (TPSA) is 65.1 Å². The van der Waals surface area contributed by atoms with Gasteiger partial charge in [-0.3, -0.25) is 4.79 Å². The van der Waals surface area contributed by atoms with E-state index in [0.717, 1.165) is 17.6 Å². The van der Waals surface area contributed by atoms with Crippen LogP contribution in [0.15, 0.2) is 30.3 Å². The van der Waals surface area contributed by atoms with Crippen molar-refractivity contribution in [1.82, 2.24) is 10.3 Å². The van der Waals surface area contributed by atoms with Gasteiger partial charge in [0.2, 0.25) is 5.91 Å². The number of amides is 1. The van der Waals surface area contributed by atoms with Gasteiger partial charge in [0.05, 0.1) is 0 Å². The van der Waals surface area contributed by atoms with E-state index >= 15 is 0 Å². The van der Waals surface area contributed by atoms with Crippen molar-refractivity contribution >= 4 is 16.8 Å². The Hall–Kier alpha value is -1.81. The molecular formula is C12H14N2O2. The molecule has 2 rings (SSSR count). The number of aromatic nitrogens is 1. The number of benzene rings is 1. The lowest BCUT2D eigenvalue weighted by molar-refractivity contribution is -0.123. The van der Waals surface area contributed by atoms with E-state index in [1.54, 1.807) is 0 Å². The first-order valence-electron chi connectivity index (χ1n) is 5.24. The summed E-state index contributed by atoms with van der Waals surface area (Å²) in [6.45, 7) is 0.0823. The number of H-pyrrole nitrogens is 1. The van der Waals surface area contributed by atoms with E-state index in [-0.39, 0.29) is 5.91 Å². The van der Waals surface area contributed by atoms with Gasteiger partial charge in [-0.25, -0.2) is 0 Å². The molecule has 0 aliphatic heterocycles. The minimum atomic E-state index is -0.452. The molecular weight excluding hydrogens is 204 g/mol. The highest BCUT2D eigenvalue weighted by Crippen LogP contribution is 2.14. The zero-order chi connectivity index (χ0) is 11.4. The van der Waals surface area contributed by atoms with Crippen molar-refractivity contribution in [2.45, 2.75) is 6.42 Å². The van der Waals surface area contributed by atoms with E-state index in [2.05, 4.69) is 16.4 Å². The molecule has 2 aromatic rings. The molecule has 0 atom stereocenters. The van der Waals surface area contributed by atoms with Gasteiger partial charge in [-0.15, -0.1) is 0 Å². The first-order valence-corrected chi connectivity index (χ1v) is 5.24. The van der Waals surface area contributed by atoms with Gasteiger partial charge in [0.15, 0.2) is 0 Å². The molecule has 3 N–H and O–H groups in total. The van der Waals surface area contributed by atoms with Crippen molar-refractivity contribution in [3.8, 4) is 0 Å². The van der Waals surface area contributed by atoms with Crippen LogP contribution in [0.5, 0.6) is 0 Å². The van der Waals surface area contributed by atoms with Crippen molar-refractivity contribution in [1.29, 1.82) is 0 Å². The van der Waals surface area contributed by atoms with Gasteiger partial charge in [0, 0.05) is 24.2 Å². The molecule has 0 saturated carbocycles.